The minimum absolute atomic E-state index is 0.191. The third-order valence-electron chi connectivity index (χ3n) is 3.39. The number of nitrogens with one attached hydrogen (secondary N) is 1. The van der Waals surface area contributed by atoms with E-state index in [9.17, 15) is 4.79 Å². The van der Waals surface area contributed by atoms with Crippen LogP contribution < -0.4 is 19.5 Å². The third-order valence-corrected chi connectivity index (χ3v) is 3.39. The molecule has 0 atom stereocenters. The normalized spacial score (nSPS) is 12.6. The standard InChI is InChI=1S/C18H19NO4/c1-2-9-21-15-6-4-14(5-7-15)19-18(20)13-3-8-16-17(12-13)23-11-10-22-16/h3-8,12H,2,9-11H2,1H3,(H,19,20). The van der Waals surface area contributed by atoms with Gasteiger partial charge in [0.1, 0.15) is 19.0 Å². The van der Waals surface area contributed by atoms with Crippen molar-refractivity contribution < 1.29 is 19.0 Å². The quantitative estimate of drug-likeness (QED) is 0.918. The number of rotatable bonds is 5. The lowest BCUT2D eigenvalue weighted by atomic mass is 10.1. The van der Waals surface area contributed by atoms with Gasteiger partial charge < -0.3 is 19.5 Å². The summed E-state index contributed by atoms with van der Waals surface area (Å²) in [6.45, 7) is 3.77. The van der Waals surface area contributed by atoms with Crippen molar-refractivity contribution in [3.63, 3.8) is 0 Å². The van der Waals surface area contributed by atoms with E-state index in [0.717, 1.165) is 12.2 Å². The summed E-state index contributed by atoms with van der Waals surface area (Å²) < 4.78 is 16.5. The minimum atomic E-state index is -0.191. The maximum atomic E-state index is 12.3. The molecule has 3 rings (SSSR count). The maximum absolute atomic E-state index is 12.3. The van der Waals surface area contributed by atoms with Crippen molar-refractivity contribution in [3.8, 4) is 17.2 Å². The Kier molecular flexibility index (Phi) is 4.66. The predicted molar refractivity (Wildman–Crippen MR) is 87.6 cm³/mol. The minimum Gasteiger partial charge on any atom is -0.494 e. The van der Waals surface area contributed by atoms with Gasteiger partial charge in [-0.05, 0) is 48.9 Å². The molecule has 1 amide bonds. The smallest absolute Gasteiger partial charge is 0.255 e. The Bertz CT molecular complexity index is 682. The van der Waals surface area contributed by atoms with Crippen LogP contribution in [0.25, 0.3) is 0 Å². The van der Waals surface area contributed by atoms with E-state index >= 15 is 0 Å². The van der Waals surface area contributed by atoms with Crippen molar-refractivity contribution in [2.75, 3.05) is 25.1 Å². The highest BCUT2D eigenvalue weighted by Crippen LogP contribution is 2.31. The Balaban J connectivity index is 1.66. The lowest BCUT2D eigenvalue weighted by Crippen LogP contribution is -2.17. The van der Waals surface area contributed by atoms with Gasteiger partial charge >= 0.3 is 0 Å². The monoisotopic (exact) mass is 313 g/mol. The molecule has 1 N–H and O–H groups in total. The fourth-order valence-corrected chi connectivity index (χ4v) is 2.24. The Labute approximate surface area is 135 Å². The summed E-state index contributed by atoms with van der Waals surface area (Å²) in [7, 11) is 0. The number of ether oxygens (including phenoxy) is 3. The van der Waals surface area contributed by atoms with Gasteiger partial charge in [-0.2, -0.15) is 0 Å². The van der Waals surface area contributed by atoms with Crippen LogP contribution in [0, 0.1) is 0 Å². The Hall–Kier alpha value is -2.69. The first-order valence-corrected chi connectivity index (χ1v) is 7.70. The van der Waals surface area contributed by atoms with Crippen LogP contribution in [0.5, 0.6) is 17.2 Å². The van der Waals surface area contributed by atoms with Crippen molar-refractivity contribution in [2.24, 2.45) is 0 Å². The Morgan fingerprint density at radius 2 is 1.83 bits per heavy atom. The average Bonchev–Trinajstić information content (AvgIpc) is 2.60. The van der Waals surface area contributed by atoms with Crippen LogP contribution in [-0.2, 0) is 0 Å². The number of hydrogen-bond donors (Lipinski definition) is 1. The summed E-state index contributed by atoms with van der Waals surface area (Å²) in [6.07, 6.45) is 0.961. The second kappa shape index (κ2) is 7.05. The van der Waals surface area contributed by atoms with Crippen molar-refractivity contribution in [1.29, 1.82) is 0 Å². The molecule has 0 spiro atoms. The number of hydrogen-bond acceptors (Lipinski definition) is 4. The SMILES string of the molecule is CCCOc1ccc(NC(=O)c2ccc3c(c2)OCCO3)cc1. The van der Waals surface area contributed by atoms with E-state index in [1.165, 1.54) is 0 Å². The molecule has 0 fully saturated rings. The molecule has 0 radical (unpaired) electrons. The first kappa shape index (κ1) is 15.2. The summed E-state index contributed by atoms with van der Waals surface area (Å²) in [6, 6.07) is 12.5. The molecular weight excluding hydrogens is 294 g/mol. The second-order valence-electron chi connectivity index (χ2n) is 5.19. The maximum Gasteiger partial charge on any atom is 0.255 e. The van der Waals surface area contributed by atoms with Gasteiger partial charge in [-0.3, -0.25) is 4.79 Å². The van der Waals surface area contributed by atoms with Crippen molar-refractivity contribution >= 4 is 11.6 Å². The van der Waals surface area contributed by atoms with Gasteiger partial charge in [0, 0.05) is 11.3 Å². The highest BCUT2D eigenvalue weighted by molar-refractivity contribution is 6.04. The zero-order valence-corrected chi connectivity index (χ0v) is 13.0. The predicted octanol–water partition coefficient (Wildman–Crippen LogP) is 3.50. The van der Waals surface area contributed by atoms with Crippen molar-refractivity contribution in [3.05, 3.63) is 48.0 Å². The van der Waals surface area contributed by atoms with E-state index in [1.807, 2.05) is 24.3 Å². The second-order valence-corrected chi connectivity index (χ2v) is 5.19. The highest BCUT2D eigenvalue weighted by Gasteiger charge is 2.15. The molecule has 1 aliphatic rings. The molecule has 1 aliphatic heterocycles. The molecule has 120 valence electrons. The van der Waals surface area contributed by atoms with Gasteiger partial charge in [-0.25, -0.2) is 0 Å². The molecule has 1 heterocycles. The number of carbonyl (C=O) groups is 1. The lowest BCUT2D eigenvalue weighted by Gasteiger charge is -2.18. The lowest BCUT2D eigenvalue weighted by molar-refractivity contribution is 0.102. The molecule has 23 heavy (non-hydrogen) atoms. The number of amides is 1. The fraction of sp³-hybridized carbons (Fsp3) is 0.278. The van der Waals surface area contributed by atoms with Gasteiger partial charge in [0.2, 0.25) is 0 Å². The van der Waals surface area contributed by atoms with Crippen molar-refractivity contribution in [1.82, 2.24) is 0 Å². The average molecular weight is 313 g/mol. The van der Waals surface area contributed by atoms with E-state index in [1.54, 1.807) is 18.2 Å². The molecule has 0 bridgehead atoms. The van der Waals surface area contributed by atoms with Gasteiger partial charge in [0.15, 0.2) is 11.5 Å². The molecule has 5 nitrogen and oxygen atoms in total. The first-order chi connectivity index (χ1) is 11.3. The van der Waals surface area contributed by atoms with Gasteiger partial charge in [-0.1, -0.05) is 6.92 Å². The molecule has 2 aromatic rings. The van der Waals surface area contributed by atoms with Gasteiger partial charge in [0.25, 0.3) is 5.91 Å². The summed E-state index contributed by atoms with van der Waals surface area (Å²) in [5, 5.41) is 2.86. The fourth-order valence-electron chi connectivity index (χ4n) is 2.24. The highest BCUT2D eigenvalue weighted by atomic mass is 16.6. The number of benzene rings is 2. The van der Waals surface area contributed by atoms with Crippen LogP contribution in [0.15, 0.2) is 42.5 Å². The van der Waals surface area contributed by atoms with Crippen LogP contribution in [0.1, 0.15) is 23.7 Å². The van der Waals surface area contributed by atoms with E-state index < -0.39 is 0 Å². The van der Waals surface area contributed by atoms with Crippen LogP contribution in [-0.4, -0.2) is 25.7 Å². The molecule has 0 saturated heterocycles. The first-order valence-electron chi connectivity index (χ1n) is 7.70. The Morgan fingerprint density at radius 1 is 1.09 bits per heavy atom. The summed E-state index contributed by atoms with van der Waals surface area (Å²) in [4.78, 5) is 12.3. The topological polar surface area (TPSA) is 56.8 Å². The molecule has 0 aliphatic carbocycles. The summed E-state index contributed by atoms with van der Waals surface area (Å²) >= 11 is 0. The van der Waals surface area contributed by atoms with Crippen molar-refractivity contribution in [2.45, 2.75) is 13.3 Å². The van der Waals surface area contributed by atoms with E-state index in [4.69, 9.17) is 14.2 Å². The molecule has 5 heteroatoms. The molecule has 0 unspecified atom stereocenters. The van der Waals surface area contributed by atoms with Gasteiger partial charge in [0.05, 0.1) is 6.61 Å². The van der Waals surface area contributed by atoms with Crippen LogP contribution in [0.2, 0.25) is 0 Å². The largest absolute Gasteiger partial charge is 0.494 e. The number of fused-ring (bicyclic) bond motifs is 1. The summed E-state index contributed by atoms with van der Waals surface area (Å²) in [5.74, 6) is 1.88. The summed E-state index contributed by atoms with van der Waals surface area (Å²) in [5.41, 5.74) is 1.24. The molecule has 0 saturated carbocycles. The molecule has 0 aromatic heterocycles. The van der Waals surface area contributed by atoms with Crippen LogP contribution in [0.4, 0.5) is 5.69 Å². The van der Waals surface area contributed by atoms with E-state index in [-0.39, 0.29) is 5.91 Å². The zero-order valence-electron chi connectivity index (χ0n) is 13.0. The van der Waals surface area contributed by atoms with Crippen LogP contribution in [0.3, 0.4) is 0 Å². The zero-order chi connectivity index (χ0) is 16.1. The molecular formula is C18H19NO4. The van der Waals surface area contributed by atoms with Gasteiger partial charge in [-0.15, -0.1) is 0 Å². The number of anilines is 1. The van der Waals surface area contributed by atoms with Crippen LogP contribution >= 0.6 is 0 Å². The number of carbonyl (C=O) groups excluding carboxylic acids is 1. The van der Waals surface area contributed by atoms with E-state index in [0.29, 0.717) is 42.6 Å². The molecule has 2 aromatic carbocycles. The Morgan fingerprint density at radius 3 is 2.57 bits per heavy atom. The van der Waals surface area contributed by atoms with E-state index in [2.05, 4.69) is 12.2 Å². The third kappa shape index (κ3) is 3.74.